The monoisotopic (exact) mass is 274 g/mol. The predicted molar refractivity (Wildman–Crippen MR) is 79.0 cm³/mol. The molecule has 1 N–H and O–H groups in total. The number of Topliss-reactive ketones (excluding diaryl/α,β-unsaturated/α-hetero) is 1. The van der Waals surface area contributed by atoms with Gasteiger partial charge >= 0.3 is 0 Å². The first-order chi connectivity index (χ1) is 9.72. The van der Waals surface area contributed by atoms with Gasteiger partial charge in [-0.3, -0.25) is 4.79 Å². The van der Waals surface area contributed by atoms with Crippen LogP contribution in [0.4, 0.5) is 0 Å². The van der Waals surface area contributed by atoms with E-state index in [9.17, 15) is 4.79 Å². The van der Waals surface area contributed by atoms with E-state index in [1.54, 1.807) is 0 Å². The lowest BCUT2D eigenvalue weighted by Gasteiger charge is -2.09. The molecule has 1 rings (SSSR count). The molecule has 0 saturated carbocycles. The van der Waals surface area contributed by atoms with Gasteiger partial charge < -0.3 is 9.84 Å². The minimum Gasteiger partial charge on any atom is -0.396 e. The molecule has 0 aromatic heterocycles. The standard InChI is InChI=1S/C17H22O3/c1-15(20-14-16-9-3-2-4-10-16)8-7-12-17(19)11-5-6-13-18/h2-4,9-10,15,18H,5-6,8,11,13-14H2,1H3. The Bertz CT molecular complexity index is 442. The molecule has 0 heterocycles. The number of aliphatic hydroxyl groups is 1. The van der Waals surface area contributed by atoms with Gasteiger partial charge in [-0.25, -0.2) is 0 Å². The maximum Gasteiger partial charge on any atom is 0.205 e. The van der Waals surface area contributed by atoms with E-state index in [1.807, 2.05) is 37.3 Å². The van der Waals surface area contributed by atoms with Gasteiger partial charge in [0, 0.05) is 19.4 Å². The van der Waals surface area contributed by atoms with Crippen LogP contribution in [0.25, 0.3) is 0 Å². The highest BCUT2D eigenvalue weighted by molar-refractivity contribution is 5.95. The summed E-state index contributed by atoms with van der Waals surface area (Å²) in [6.45, 7) is 2.65. The van der Waals surface area contributed by atoms with Gasteiger partial charge in [0.15, 0.2) is 0 Å². The first-order valence-corrected chi connectivity index (χ1v) is 7.00. The van der Waals surface area contributed by atoms with Gasteiger partial charge in [-0.1, -0.05) is 36.3 Å². The summed E-state index contributed by atoms with van der Waals surface area (Å²) in [5.74, 6) is 5.42. The van der Waals surface area contributed by atoms with Crippen molar-refractivity contribution in [1.82, 2.24) is 0 Å². The second kappa shape index (κ2) is 10.2. The van der Waals surface area contributed by atoms with Crippen LogP contribution in [0.3, 0.4) is 0 Å². The fourth-order valence-electron chi connectivity index (χ4n) is 1.62. The lowest BCUT2D eigenvalue weighted by atomic mass is 10.2. The molecule has 0 bridgehead atoms. The molecular formula is C17H22O3. The van der Waals surface area contributed by atoms with Gasteiger partial charge in [-0.05, 0) is 31.2 Å². The molecule has 1 aromatic rings. The van der Waals surface area contributed by atoms with Crippen LogP contribution in [-0.2, 0) is 16.1 Å². The molecule has 3 nitrogen and oxygen atoms in total. The quantitative estimate of drug-likeness (QED) is 0.450. The van der Waals surface area contributed by atoms with Crippen LogP contribution in [0.15, 0.2) is 30.3 Å². The Hall–Kier alpha value is -1.63. The van der Waals surface area contributed by atoms with E-state index >= 15 is 0 Å². The van der Waals surface area contributed by atoms with Crippen LogP contribution in [-0.4, -0.2) is 23.6 Å². The summed E-state index contributed by atoms with van der Waals surface area (Å²) in [5, 5.41) is 8.62. The smallest absolute Gasteiger partial charge is 0.205 e. The summed E-state index contributed by atoms with van der Waals surface area (Å²) in [6.07, 6.45) is 2.34. The zero-order valence-electron chi connectivity index (χ0n) is 12.0. The van der Waals surface area contributed by atoms with Crippen molar-refractivity contribution in [2.75, 3.05) is 6.61 Å². The number of unbranched alkanes of at least 4 members (excludes halogenated alkanes) is 1. The largest absolute Gasteiger partial charge is 0.396 e. The molecule has 108 valence electrons. The van der Waals surface area contributed by atoms with Crippen molar-refractivity contribution in [2.45, 2.75) is 45.3 Å². The third-order valence-corrected chi connectivity index (χ3v) is 2.81. The molecule has 0 aliphatic rings. The topological polar surface area (TPSA) is 46.5 Å². The zero-order chi connectivity index (χ0) is 14.6. The summed E-state index contributed by atoms with van der Waals surface area (Å²) in [5.41, 5.74) is 1.13. The maximum absolute atomic E-state index is 11.4. The minimum atomic E-state index is -0.0614. The van der Waals surface area contributed by atoms with Crippen molar-refractivity contribution in [3.63, 3.8) is 0 Å². The van der Waals surface area contributed by atoms with Crippen molar-refractivity contribution in [1.29, 1.82) is 0 Å². The van der Waals surface area contributed by atoms with Crippen LogP contribution >= 0.6 is 0 Å². The normalized spacial score (nSPS) is 11.5. The van der Waals surface area contributed by atoms with Gasteiger partial charge in [-0.15, -0.1) is 0 Å². The van der Waals surface area contributed by atoms with E-state index in [0.717, 1.165) is 5.56 Å². The van der Waals surface area contributed by atoms with Crippen molar-refractivity contribution in [3.8, 4) is 11.8 Å². The Labute approximate surface area is 121 Å². The third kappa shape index (κ3) is 7.73. The summed E-state index contributed by atoms with van der Waals surface area (Å²) in [7, 11) is 0. The number of carbonyl (C=O) groups excluding carboxylic acids is 1. The van der Waals surface area contributed by atoms with Crippen LogP contribution in [0.5, 0.6) is 0 Å². The molecule has 0 saturated heterocycles. The van der Waals surface area contributed by atoms with Crippen molar-refractivity contribution >= 4 is 5.78 Å². The van der Waals surface area contributed by atoms with Gasteiger partial charge in [0.1, 0.15) is 0 Å². The van der Waals surface area contributed by atoms with E-state index in [2.05, 4.69) is 11.8 Å². The Morgan fingerprint density at radius 3 is 2.75 bits per heavy atom. The SMILES string of the molecule is CC(CC#CC(=O)CCCCO)OCc1ccccc1. The lowest BCUT2D eigenvalue weighted by molar-refractivity contribution is -0.113. The fraction of sp³-hybridized carbons (Fsp3) is 0.471. The van der Waals surface area contributed by atoms with Crippen LogP contribution < -0.4 is 0 Å². The summed E-state index contributed by atoms with van der Waals surface area (Å²) in [6, 6.07) is 9.97. The van der Waals surface area contributed by atoms with Crippen LogP contribution in [0.2, 0.25) is 0 Å². The highest BCUT2D eigenvalue weighted by atomic mass is 16.5. The summed E-state index contributed by atoms with van der Waals surface area (Å²) >= 11 is 0. The molecule has 1 atom stereocenters. The molecule has 1 aromatic carbocycles. The van der Waals surface area contributed by atoms with E-state index < -0.39 is 0 Å². The number of carbonyl (C=O) groups is 1. The molecule has 3 heteroatoms. The maximum atomic E-state index is 11.4. The van der Waals surface area contributed by atoms with E-state index in [1.165, 1.54) is 0 Å². The van der Waals surface area contributed by atoms with Gasteiger partial charge in [0.05, 0.1) is 12.7 Å². The molecule has 0 aliphatic heterocycles. The van der Waals surface area contributed by atoms with Crippen molar-refractivity contribution in [3.05, 3.63) is 35.9 Å². The average molecular weight is 274 g/mol. The highest BCUT2D eigenvalue weighted by Gasteiger charge is 2.01. The molecule has 0 spiro atoms. The summed E-state index contributed by atoms with van der Waals surface area (Å²) < 4.78 is 5.66. The molecule has 0 fully saturated rings. The number of ether oxygens (including phenoxy) is 1. The Kier molecular flexibility index (Phi) is 8.37. The third-order valence-electron chi connectivity index (χ3n) is 2.81. The molecule has 1 unspecified atom stereocenters. The molecule has 0 radical (unpaired) electrons. The molecular weight excluding hydrogens is 252 g/mol. The summed E-state index contributed by atoms with van der Waals surface area (Å²) in [4.78, 5) is 11.4. The van der Waals surface area contributed by atoms with Gasteiger partial charge in [0.2, 0.25) is 5.78 Å². The van der Waals surface area contributed by atoms with E-state index in [-0.39, 0.29) is 18.5 Å². The van der Waals surface area contributed by atoms with Gasteiger partial charge in [0.25, 0.3) is 0 Å². The number of hydrogen-bond donors (Lipinski definition) is 1. The minimum absolute atomic E-state index is 0.00736. The van der Waals surface area contributed by atoms with Crippen LogP contribution in [0.1, 0.15) is 38.2 Å². The average Bonchev–Trinajstić information content (AvgIpc) is 2.46. The number of benzene rings is 1. The van der Waals surface area contributed by atoms with Gasteiger partial charge in [-0.2, -0.15) is 0 Å². The fourth-order valence-corrected chi connectivity index (χ4v) is 1.62. The van der Waals surface area contributed by atoms with Crippen molar-refractivity contribution < 1.29 is 14.6 Å². The first-order valence-electron chi connectivity index (χ1n) is 7.00. The predicted octanol–water partition coefficient (Wildman–Crippen LogP) is 2.72. The molecule has 0 amide bonds. The first kappa shape index (κ1) is 16.4. The lowest BCUT2D eigenvalue weighted by Crippen LogP contribution is -2.07. The Morgan fingerprint density at radius 1 is 1.30 bits per heavy atom. The number of ketones is 1. The Balaban J connectivity index is 2.19. The second-order valence-corrected chi connectivity index (χ2v) is 4.72. The van der Waals surface area contributed by atoms with Crippen LogP contribution in [0, 0.1) is 11.8 Å². The van der Waals surface area contributed by atoms with E-state index in [0.29, 0.717) is 32.3 Å². The van der Waals surface area contributed by atoms with E-state index in [4.69, 9.17) is 9.84 Å². The number of rotatable bonds is 8. The van der Waals surface area contributed by atoms with Crippen molar-refractivity contribution in [2.24, 2.45) is 0 Å². The highest BCUT2D eigenvalue weighted by Crippen LogP contribution is 2.05. The Morgan fingerprint density at radius 2 is 2.05 bits per heavy atom. The molecule has 0 aliphatic carbocycles. The number of hydrogen-bond acceptors (Lipinski definition) is 3. The number of aliphatic hydroxyl groups excluding tert-OH is 1. The molecule has 20 heavy (non-hydrogen) atoms. The second-order valence-electron chi connectivity index (χ2n) is 4.72. The zero-order valence-corrected chi connectivity index (χ0v) is 12.0.